The minimum Gasteiger partial charge on any atom is -0.293 e. The van der Waals surface area contributed by atoms with E-state index in [1.807, 2.05) is 91.2 Å². The standard InChI is InChI=1S/C24H20ClN3OS/c1-16-8-9-19(14-17(16)2)22(29)15-30-24-27-26-23(18-10-12-20(25)13-11-18)28(24)21-6-4-3-5-7-21/h3-14H,15H2,1-2H3. The molecule has 4 rings (SSSR count). The fourth-order valence-corrected chi connectivity index (χ4v) is 4.06. The van der Waals surface area contributed by atoms with Crippen LogP contribution in [0.5, 0.6) is 0 Å². The zero-order chi connectivity index (χ0) is 21.1. The van der Waals surface area contributed by atoms with Crippen LogP contribution >= 0.6 is 23.4 Å². The van der Waals surface area contributed by atoms with Gasteiger partial charge in [-0.15, -0.1) is 10.2 Å². The molecule has 0 unspecified atom stereocenters. The second kappa shape index (κ2) is 8.86. The molecule has 4 nitrogen and oxygen atoms in total. The second-order valence-corrected chi connectivity index (χ2v) is 8.37. The summed E-state index contributed by atoms with van der Waals surface area (Å²) in [6.45, 7) is 4.06. The molecule has 0 saturated carbocycles. The first kappa shape index (κ1) is 20.4. The molecule has 30 heavy (non-hydrogen) atoms. The molecule has 0 bridgehead atoms. The number of rotatable bonds is 6. The Morgan fingerprint density at radius 2 is 1.67 bits per heavy atom. The van der Waals surface area contributed by atoms with Crippen molar-refractivity contribution in [2.75, 3.05) is 5.75 Å². The Balaban J connectivity index is 1.65. The van der Waals surface area contributed by atoms with Crippen LogP contribution in [0.3, 0.4) is 0 Å². The van der Waals surface area contributed by atoms with Crippen LogP contribution in [0.15, 0.2) is 78.0 Å². The van der Waals surface area contributed by atoms with Gasteiger partial charge in [-0.25, -0.2) is 0 Å². The Labute approximate surface area is 184 Å². The van der Waals surface area contributed by atoms with Crippen molar-refractivity contribution >= 4 is 29.1 Å². The number of para-hydroxylation sites is 1. The van der Waals surface area contributed by atoms with Crippen LogP contribution < -0.4 is 0 Å². The number of thioether (sulfide) groups is 1. The molecule has 6 heteroatoms. The molecule has 0 fully saturated rings. The van der Waals surface area contributed by atoms with Gasteiger partial charge in [0.1, 0.15) is 0 Å². The van der Waals surface area contributed by atoms with Crippen molar-refractivity contribution in [3.8, 4) is 17.1 Å². The lowest BCUT2D eigenvalue weighted by Crippen LogP contribution is -2.05. The molecule has 0 N–H and O–H groups in total. The Kier molecular flexibility index (Phi) is 6.02. The number of ketones is 1. The monoisotopic (exact) mass is 433 g/mol. The van der Waals surface area contributed by atoms with Gasteiger partial charge in [0, 0.05) is 21.8 Å². The number of hydrogen-bond acceptors (Lipinski definition) is 4. The number of Topliss-reactive ketones (excluding diaryl/α,β-unsaturated/α-hetero) is 1. The predicted molar refractivity (Wildman–Crippen MR) is 123 cm³/mol. The Bertz CT molecular complexity index is 1190. The van der Waals surface area contributed by atoms with Gasteiger partial charge in [0.2, 0.25) is 0 Å². The number of hydrogen-bond donors (Lipinski definition) is 0. The van der Waals surface area contributed by atoms with Crippen molar-refractivity contribution in [2.24, 2.45) is 0 Å². The van der Waals surface area contributed by atoms with Gasteiger partial charge < -0.3 is 0 Å². The smallest absolute Gasteiger partial charge is 0.196 e. The van der Waals surface area contributed by atoms with Gasteiger partial charge in [0.15, 0.2) is 16.8 Å². The highest BCUT2D eigenvalue weighted by Crippen LogP contribution is 2.29. The van der Waals surface area contributed by atoms with E-state index < -0.39 is 0 Å². The first-order valence-electron chi connectivity index (χ1n) is 9.53. The molecule has 0 spiro atoms. The zero-order valence-corrected chi connectivity index (χ0v) is 18.2. The highest BCUT2D eigenvalue weighted by atomic mass is 35.5. The van der Waals surface area contributed by atoms with Gasteiger partial charge in [0.25, 0.3) is 0 Å². The highest BCUT2D eigenvalue weighted by Gasteiger charge is 2.18. The number of aryl methyl sites for hydroxylation is 2. The first-order valence-corrected chi connectivity index (χ1v) is 10.9. The summed E-state index contributed by atoms with van der Waals surface area (Å²) in [5.74, 6) is 1.06. The Hall–Kier alpha value is -2.89. The average molecular weight is 434 g/mol. The fourth-order valence-electron chi connectivity index (χ4n) is 3.09. The number of benzene rings is 3. The number of carbonyl (C=O) groups excluding carboxylic acids is 1. The molecule has 0 amide bonds. The lowest BCUT2D eigenvalue weighted by Gasteiger charge is -2.10. The van der Waals surface area contributed by atoms with Crippen molar-refractivity contribution in [3.63, 3.8) is 0 Å². The third-order valence-electron chi connectivity index (χ3n) is 4.91. The highest BCUT2D eigenvalue weighted by molar-refractivity contribution is 7.99. The topological polar surface area (TPSA) is 47.8 Å². The third-order valence-corrected chi connectivity index (χ3v) is 6.09. The van der Waals surface area contributed by atoms with Gasteiger partial charge in [-0.3, -0.25) is 9.36 Å². The zero-order valence-electron chi connectivity index (χ0n) is 16.7. The summed E-state index contributed by atoms with van der Waals surface area (Å²) in [4.78, 5) is 12.8. The van der Waals surface area contributed by atoms with E-state index >= 15 is 0 Å². The number of nitrogens with zero attached hydrogens (tertiary/aromatic N) is 3. The van der Waals surface area contributed by atoms with E-state index in [2.05, 4.69) is 10.2 Å². The molecule has 0 atom stereocenters. The van der Waals surface area contributed by atoms with E-state index in [1.165, 1.54) is 17.3 Å². The molecule has 1 heterocycles. The molecule has 0 aliphatic heterocycles. The van der Waals surface area contributed by atoms with Crippen molar-refractivity contribution in [1.82, 2.24) is 14.8 Å². The molecular weight excluding hydrogens is 414 g/mol. The summed E-state index contributed by atoms with van der Waals surface area (Å²) in [6.07, 6.45) is 0. The van der Waals surface area contributed by atoms with Crippen molar-refractivity contribution < 1.29 is 4.79 Å². The first-order chi connectivity index (χ1) is 14.5. The molecule has 150 valence electrons. The van der Waals surface area contributed by atoms with Crippen LogP contribution in [0.25, 0.3) is 17.1 Å². The molecule has 0 radical (unpaired) electrons. The molecule has 0 aliphatic carbocycles. The van der Waals surface area contributed by atoms with Gasteiger partial charge >= 0.3 is 0 Å². The minimum absolute atomic E-state index is 0.0683. The molecule has 0 saturated heterocycles. The van der Waals surface area contributed by atoms with Crippen molar-refractivity contribution in [2.45, 2.75) is 19.0 Å². The third kappa shape index (κ3) is 4.32. The lowest BCUT2D eigenvalue weighted by molar-refractivity contribution is 0.102. The van der Waals surface area contributed by atoms with Crippen LogP contribution in [0.2, 0.25) is 5.02 Å². The van der Waals surface area contributed by atoms with Crippen LogP contribution in [0.4, 0.5) is 0 Å². The van der Waals surface area contributed by atoms with E-state index in [4.69, 9.17) is 11.6 Å². The summed E-state index contributed by atoms with van der Waals surface area (Å²) >= 11 is 7.43. The molecular formula is C24H20ClN3OS. The van der Waals surface area contributed by atoms with Gasteiger partial charge in [-0.1, -0.05) is 53.7 Å². The molecule has 4 aromatic rings. The summed E-state index contributed by atoms with van der Waals surface area (Å²) in [7, 11) is 0. The maximum absolute atomic E-state index is 12.8. The Morgan fingerprint density at radius 1 is 0.933 bits per heavy atom. The average Bonchev–Trinajstić information content (AvgIpc) is 3.19. The quantitative estimate of drug-likeness (QED) is 0.269. The maximum Gasteiger partial charge on any atom is 0.196 e. The largest absolute Gasteiger partial charge is 0.293 e. The van der Waals surface area contributed by atoms with Crippen LogP contribution in [-0.4, -0.2) is 26.3 Å². The van der Waals surface area contributed by atoms with Crippen molar-refractivity contribution in [1.29, 1.82) is 0 Å². The second-order valence-electron chi connectivity index (χ2n) is 6.99. The van der Waals surface area contributed by atoms with E-state index in [9.17, 15) is 4.79 Å². The number of carbonyl (C=O) groups is 1. The maximum atomic E-state index is 12.8. The van der Waals surface area contributed by atoms with Gasteiger partial charge in [0.05, 0.1) is 5.75 Å². The van der Waals surface area contributed by atoms with E-state index in [-0.39, 0.29) is 11.5 Å². The number of halogens is 1. The fraction of sp³-hybridized carbons (Fsp3) is 0.125. The van der Waals surface area contributed by atoms with Crippen LogP contribution in [0.1, 0.15) is 21.5 Å². The normalized spacial score (nSPS) is 10.9. The molecule has 1 aromatic heterocycles. The van der Waals surface area contributed by atoms with E-state index in [0.717, 1.165) is 16.8 Å². The minimum atomic E-state index is 0.0683. The Morgan fingerprint density at radius 3 is 2.37 bits per heavy atom. The lowest BCUT2D eigenvalue weighted by atomic mass is 10.0. The molecule has 0 aliphatic rings. The summed E-state index contributed by atoms with van der Waals surface area (Å²) in [5, 5.41) is 10.1. The summed E-state index contributed by atoms with van der Waals surface area (Å²) in [5.41, 5.74) is 4.85. The van der Waals surface area contributed by atoms with E-state index in [1.54, 1.807) is 0 Å². The SMILES string of the molecule is Cc1ccc(C(=O)CSc2nnc(-c3ccc(Cl)cc3)n2-c2ccccc2)cc1C. The van der Waals surface area contributed by atoms with Crippen molar-refractivity contribution in [3.05, 3.63) is 94.5 Å². The summed E-state index contributed by atoms with van der Waals surface area (Å²) < 4.78 is 1.97. The van der Waals surface area contributed by atoms with Crippen LogP contribution in [-0.2, 0) is 0 Å². The van der Waals surface area contributed by atoms with Gasteiger partial charge in [-0.2, -0.15) is 0 Å². The summed E-state index contributed by atoms with van der Waals surface area (Å²) in [6, 6.07) is 23.2. The molecule has 3 aromatic carbocycles. The van der Waals surface area contributed by atoms with Crippen LogP contribution in [0, 0.1) is 13.8 Å². The van der Waals surface area contributed by atoms with Gasteiger partial charge in [-0.05, 0) is 67.4 Å². The number of aromatic nitrogens is 3. The predicted octanol–water partition coefficient (Wildman–Crippen LogP) is 6.18. The van der Waals surface area contributed by atoms with E-state index in [0.29, 0.717) is 21.6 Å².